The zero-order chi connectivity index (χ0) is 25.2. The summed E-state index contributed by atoms with van der Waals surface area (Å²) in [6.07, 6.45) is 1.45. The molecule has 0 fully saturated rings. The van der Waals surface area contributed by atoms with E-state index in [1.165, 1.54) is 24.5 Å². The second-order valence-corrected chi connectivity index (χ2v) is 8.86. The van der Waals surface area contributed by atoms with Gasteiger partial charge >= 0.3 is 5.97 Å². The van der Waals surface area contributed by atoms with Gasteiger partial charge in [-0.05, 0) is 58.7 Å². The topological polar surface area (TPSA) is 103 Å². The Morgan fingerprint density at radius 3 is 2.31 bits per heavy atom. The molecule has 1 aromatic heterocycles. The Kier molecular flexibility index (Phi) is 6.39. The Labute approximate surface area is 213 Å². The SMILES string of the molecule is O=C(CCCN1C(=O)c2ccccc2C1=O)Oc1ccc2c(=O)c(Oc3ccccc3Br)coc2c1. The van der Waals surface area contributed by atoms with E-state index < -0.39 is 5.97 Å². The van der Waals surface area contributed by atoms with Crippen LogP contribution < -0.4 is 14.9 Å². The van der Waals surface area contributed by atoms with Gasteiger partial charge in [-0.15, -0.1) is 0 Å². The molecule has 1 aliphatic heterocycles. The molecule has 2 heterocycles. The summed E-state index contributed by atoms with van der Waals surface area (Å²) in [5.41, 5.74) is 0.599. The van der Waals surface area contributed by atoms with Crippen LogP contribution in [0.25, 0.3) is 11.0 Å². The molecule has 3 aromatic carbocycles. The number of nitrogens with zero attached hydrogens (tertiary/aromatic N) is 1. The molecule has 5 rings (SSSR count). The summed E-state index contributed by atoms with van der Waals surface area (Å²) in [5.74, 6) is -0.575. The molecule has 0 radical (unpaired) electrons. The number of ether oxygens (including phenoxy) is 2. The van der Waals surface area contributed by atoms with Crippen molar-refractivity contribution >= 4 is 44.7 Å². The normalized spacial score (nSPS) is 12.6. The summed E-state index contributed by atoms with van der Waals surface area (Å²) >= 11 is 3.37. The highest BCUT2D eigenvalue weighted by Crippen LogP contribution is 2.29. The minimum absolute atomic E-state index is 0.00583. The number of carbonyl (C=O) groups is 3. The van der Waals surface area contributed by atoms with Crippen molar-refractivity contribution in [1.29, 1.82) is 0 Å². The molecule has 8 nitrogen and oxygen atoms in total. The smallest absolute Gasteiger partial charge is 0.311 e. The number of imide groups is 1. The van der Waals surface area contributed by atoms with Gasteiger partial charge in [-0.2, -0.15) is 0 Å². The number of hydrogen-bond donors (Lipinski definition) is 0. The van der Waals surface area contributed by atoms with E-state index in [4.69, 9.17) is 13.9 Å². The van der Waals surface area contributed by atoms with E-state index in [0.29, 0.717) is 21.3 Å². The summed E-state index contributed by atoms with van der Waals surface area (Å²) in [6, 6.07) is 18.2. The first kappa shape index (κ1) is 23.5. The first-order valence-electron chi connectivity index (χ1n) is 11.1. The molecule has 0 aliphatic carbocycles. The van der Waals surface area contributed by atoms with E-state index >= 15 is 0 Å². The van der Waals surface area contributed by atoms with E-state index in [1.54, 1.807) is 42.5 Å². The molecule has 0 N–H and O–H groups in total. The van der Waals surface area contributed by atoms with Gasteiger partial charge in [0.05, 0.1) is 21.0 Å². The highest BCUT2D eigenvalue weighted by Gasteiger charge is 2.34. The highest BCUT2D eigenvalue weighted by atomic mass is 79.9. The average molecular weight is 548 g/mol. The van der Waals surface area contributed by atoms with Crippen molar-refractivity contribution in [3.63, 3.8) is 0 Å². The second-order valence-electron chi connectivity index (χ2n) is 8.00. The number of para-hydroxylation sites is 1. The van der Waals surface area contributed by atoms with E-state index in [-0.39, 0.29) is 59.1 Å². The molecule has 0 spiro atoms. The fourth-order valence-corrected chi connectivity index (χ4v) is 4.24. The summed E-state index contributed by atoms with van der Waals surface area (Å²) < 4.78 is 17.3. The van der Waals surface area contributed by atoms with Crippen LogP contribution in [0.4, 0.5) is 0 Å². The third-order valence-electron chi connectivity index (χ3n) is 5.64. The van der Waals surface area contributed by atoms with Crippen molar-refractivity contribution < 1.29 is 28.3 Å². The zero-order valence-electron chi connectivity index (χ0n) is 18.7. The minimum Gasteiger partial charge on any atom is -0.460 e. The number of hydrogen-bond acceptors (Lipinski definition) is 7. The van der Waals surface area contributed by atoms with Gasteiger partial charge in [-0.3, -0.25) is 24.1 Å². The average Bonchev–Trinajstić information content (AvgIpc) is 3.12. The first-order valence-corrected chi connectivity index (χ1v) is 11.9. The van der Waals surface area contributed by atoms with E-state index in [2.05, 4.69) is 15.9 Å². The van der Waals surface area contributed by atoms with Crippen molar-refractivity contribution in [3.8, 4) is 17.2 Å². The third-order valence-corrected chi connectivity index (χ3v) is 6.30. The standard InChI is InChI=1S/C27H18BrNO7/c28-20-8-3-4-9-21(20)36-23-15-34-22-14-16(11-12-19(22)25(23)31)35-24(30)10-5-13-29-26(32)17-6-1-2-7-18(17)27(29)33/h1-4,6-9,11-12,14-15H,5,10,13H2. The van der Waals surface area contributed by atoms with Crippen molar-refractivity contribution in [2.75, 3.05) is 6.54 Å². The molecule has 9 heteroatoms. The summed E-state index contributed by atoms with van der Waals surface area (Å²) in [5, 5.41) is 0.268. The predicted octanol–water partition coefficient (Wildman–Crippen LogP) is 5.33. The molecule has 1 aliphatic rings. The van der Waals surface area contributed by atoms with E-state index in [0.717, 1.165) is 4.90 Å². The summed E-state index contributed by atoms with van der Waals surface area (Å²) in [7, 11) is 0. The number of amides is 2. The largest absolute Gasteiger partial charge is 0.460 e. The molecule has 0 atom stereocenters. The summed E-state index contributed by atoms with van der Waals surface area (Å²) in [4.78, 5) is 51.1. The number of fused-ring (bicyclic) bond motifs is 2. The van der Waals surface area contributed by atoms with Gasteiger partial charge < -0.3 is 13.9 Å². The number of rotatable bonds is 7. The van der Waals surface area contributed by atoms with E-state index in [9.17, 15) is 19.2 Å². The third kappa shape index (κ3) is 4.52. The van der Waals surface area contributed by atoms with Crippen LogP contribution in [0.2, 0.25) is 0 Å². The molecular weight excluding hydrogens is 530 g/mol. The maximum absolute atomic E-state index is 12.8. The first-order chi connectivity index (χ1) is 17.4. The minimum atomic E-state index is -0.540. The van der Waals surface area contributed by atoms with Crippen LogP contribution in [-0.2, 0) is 4.79 Å². The molecule has 180 valence electrons. The Balaban J connectivity index is 1.21. The Bertz CT molecular complexity index is 1540. The fraction of sp³-hybridized carbons (Fsp3) is 0.111. The maximum atomic E-state index is 12.8. The van der Waals surface area contributed by atoms with Crippen molar-refractivity contribution in [3.05, 3.63) is 98.8 Å². The molecule has 0 saturated carbocycles. The van der Waals surface area contributed by atoms with Gasteiger partial charge in [0.15, 0.2) is 0 Å². The van der Waals surface area contributed by atoms with Crippen LogP contribution in [0.15, 0.2) is 86.7 Å². The highest BCUT2D eigenvalue weighted by molar-refractivity contribution is 9.10. The number of benzene rings is 3. The van der Waals surface area contributed by atoms with Crippen LogP contribution >= 0.6 is 15.9 Å². The summed E-state index contributed by atoms with van der Waals surface area (Å²) in [6.45, 7) is 0.106. The van der Waals surface area contributed by atoms with Crippen LogP contribution in [0.1, 0.15) is 33.6 Å². The Morgan fingerprint density at radius 1 is 0.889 bits per heavy atom. The lowest BCUT2D eigenvalue weighted by Crippen LogP contribution is -2.31. The van der Waals surface area contributed by atoms with Crippen LogP contribution in [0.5, 0.6) is 17.2 Å². The lowest BCUT2D eigenvalue weighted by Gasteiger charge is -2.13. The van der Waals surface area contributed by atoms with Gasteiger partial charge in [-0.1, -0.05) is 24.3 Å². The Hall–Kier alpha value is -4.24. The monoisotopic (exact) mass is 547 g/mol. The van der Waals surface area contributed by atoms with Gasteiger partial charge in [0.2, 0.25) is 11.2 Å². The van der Waals surface area contributed by atoms with Crippen LogP contribution in [-0.4, -0.2) is 29.2 Å². The Morgan fingerprint density at radius 2 is 1.58 bits per heavy atom. The molecule has 0 unspecified atom stereocenters. The van der Waals surface area contributed by atoms with Crippen molar-refractivity contribution in [2.45, 2.75) is 12.8 Å². The maximum Gasteiger partial charge on any atom is 0.311 e. The van der Waals surface area contributed by atoms with Gasteiger partial charge in [0.1, 0.15) is 23.3 Å². The van der Waals surface area contributed by atoms with Gasteiger partial charge in [0.25, 0.3) is 11.8 Å². The number of halogens is 1. The van der Waals surface area contributed by atoms with Crippen molar-refractivity contribution in [1.82, 2.24) is 4.90 Å². The molecule has 4 aromatic rings. The second kappa shape index (κ2) is 9.79. The number of carbonyl (C=O) groups excluding carboxylic acids is 3. The molecule has 36 heavy (non-hydrogen) atoms. The molecular formula is C27H18BrNO7. The van der Waals surface area contributed by atoms with Crippen LogP contribution in [0, 0.1) is 0 Å². The molecule has 2 amide bonds. The quantitative estimate of drug-likeness (QED) is 0.175. The molecule has 0 saturated heterocycles. The van der Waals surface area contributed by atoms with E-state index in [1.807, 2.05) is 6.07 Å². The van der Waals surface area contributed by atoms with Crippen molar-refractivity contribution in [2.24, 2.45) is 0 Å². The molecule has 0 bridgehead atoms. The van der Waals surface area contributed by atoms with Gasteiger partial charge in [-0.25, -0.2) is 0 Å². The number of esters is 1. The fourth-order valence-electron chi connectivity index (χ4n) is 3.88. The lowest BCUT2D eigenvalue weighted by molar-refractivity contribution is -0.134. The zero-order valence-corrected chi connectivity index (χ0v) is 20.3. The predicted molar refractivity (Wildman–Crippen MR) is 133 cm³/mol. The lowest BCUT2D eigenvalue weighted by atomic mass is 10.1. The van der Waals surface area contributed by atoms with Gasteiger partial charge in [0, 0.05) is 19.0 Å². The van der Waals surface area contributed by atoms with Crippen LogP contribution in [0.3, 0.4) is 0 Å².